The predicted octanol–water partition coefficient (Wildman–Crippen LogP) is 2.52. The molecule has 1 N–H and O–H groups in total. The van der Waals surface area contributed by atoms with Gasteiger partial charge in [-0.05, 0) is 6.42 Å². The highest BCUT2D eigenvalue weighted by Gasteiger charge is 2.13. The molecular weight excluding hydrogens is 274 g/mol. The Morgan fingerprint density at radius 1 is 1.19 bits per heavy atom. The van der Waals surface area contributed by atoms with Gasteiger partial charge in [-0.15, -0.1) is 0 Å². The Balaban J connectivity index is 2.82. The van der Waals surface area contributed by atoms with Gasteiger partial charge in [-0.1, -0.05) is 26.7 Å². The van der Waals surface area contributed by atoms with Gasteiger partial charge in [0.25, 0.3) is 12.9 Å². The first-order valence-corrected chi connectivity index (χ1v) is 6.77. The third-order valence-corrected chi connectivity index (χ3v) is 2.95. The first-order valence-electron chi connectivity index (χ1n) is 6.77. The lowest BCUT2D eigenvalue weighted by molar-refractivity contribution is -0.121. The number of amides is 1. The summed E-state index contributed by atoms with van der Waals surface area (Å²) in [5.74, 6) is 0.0986. The summed E-state index contributed by atoms with van der Waals surface area (Å²) in [4.78, 5) is 32.8. The van der Waals surface area contributed by atoms with Crippen molar-refractivity contribution in [1.82, 2.24) is 0 Å². The van der Waals surface area contributed by atoms with E-state index >= 15 is 0 Å². The smallest absolute Gasteiger partial charge is 0.298 e. The number of anilines is 1. The molecule has 0 aliphatic heterocycles. The fourth-order valence-electron chi connectivity index (χ4n) is 1.80. The van der Waals surface area contributed by atoms with Crippen molar-refractivity contribution in [2.24, 2.45) is 5.92 Å². The maximum atomic E-state index is 12.0. The molecule has 0 fully saturated rings. The van der Waals surface area contributed by atoms with Gasteiger partial charge in [0.15, 0.2) is 0 Å². The van der Waals surface area contributed by atoms with E-state index in [4.69, 9.17) is 9.47 Å². The predicted molar refractivity (Wildman–Crippen MR) is 77.1 cm³/mol. The van der Waals surface area contributed by atoms with E-state index in [9.17, 15) is 14.4 Å². The zero-order chi connectivity index (χ0) is 15.7. The van der Waals surface area contributed by atoms with Crippen LogP contribution in [0.5, 0.6) is 11.5 Å². The van der Waals surface area contributed by atoms with Crippen LogP contribution in [0, 0.1) is 5.92 Å². The molecule has 0 bridgehead atoms. The first-order chi connectivity index (χ1) is 10.1. The third-order valence-electron chi connectivity index (χ3n) is 2.95. The second-order valence-electron chi connectivity index (χ2n) is 4.65. The van der Waals surface area contributed by atoms with Crippen molar-refractivity contribution in [3.8, 4) is 11.5 Å². The molecule has 1 unspecified atom stereocenters. The second-order valence-corrected chi connectivity index (χ2v) is 4.65. The van der Waals surface area contributed by atoms with Crippen molar-refractivity contribution < 1.29 is 23.9 Å². The number of benzene rings is 1. The molecule has 1 aromatic carbocycles. The van der Waals surface area contributed by atoms with Crippen LogP contribution >= 0.6 is 0 Å². The number of hydrogen-bond donors (Lipinski definition) is 1. The average Bonchev–Trinajstić information content (AvgIpc) is 2.45. The zero-order valence-electron chi connectivity index (χ0n) is 12.1. The maximum absolute atomic E-state index is 12.0. The monoisotopic (exact) mass is 293 g/mol. The number of nitrogens with one attached hydrogen (secondary N) is 1. The summed E-state index contributed by atoms with van der Waals surface area (Å²) in [6.45, 7) is 4.43. The molecular formula is C15H19NO5. The van der Waals surface area contributed by atoms with Gasteiger partial charge in [0.05, 0.1) is 0 Å². The number of ether oxygens (including phenoxy) is 2. The van der Waals surface area contributed by atoms with Gasteiger partial charge in [-0.2, -0.15) is 0 Å². The Bertz CT molecular complexity index is 473. The molecule has 0 aromatic heterocycles. The van der Waals surface area contributed by atoms with Crippen LogP contribution in [0.25, 0.3) is 0 Å². The molecule has 1 amide bonds. The number of hydrogen-bond acceptors (Lipinski definition) is 5. The van der Waals surface area contributed by atoms with Crippen molar-refractivity contribution in [3.05, 3.63) is 18.2 Å². The van der Waals surface area contributed by atoms with E-state index < -0.39 is 0 Å². The van der Waals surface area contributed by atoms with E-state index in [1.807, 2.05) is 6.92 Å². The summed E-state index contributed by atoms with van der Waals surface area (Å²) in [6.07, 6.45) is 2.80. The van der Waals surface area contributed by atoms with Crippen LogP contribution in [0.4, 0.5) is 5.69 Å². The Morgan fingerprint density at radius 2 is 1.76 bits per heavy atom. The van der Waals surface area contributed by atoms with Crippen LogP contribution in [0.2, 0.25) is 0 Å². The Morgan fingerprint density at radius 3 is 2.24 bits per heavy atom. The summed E-state index contributed by atoms with van der Waals surface area (Å²) in [5.41, 5.74) is 0.402. The van der Waals surface area contributed by atoms with Crippen molar-refractivity contribution in [2.45, 2.75) is 33.1 Å². The van der Waals surface area contributed by atoms with Crippen molar-refractivity contribution in [1.29, 1.82) is 0 Å². The van der Waals surface area contributed by atoms with Crippen LogP contribution < -0.4 is 14.8 Å². The highest BCUT2D eigenvalue weighted by molar-refractivity contribution is 5.92. The molecule has 0 saturated heterocycles. The minimum absolute atomic E-state index is 0.129. The summed E-state index contributed by atoms with van der Waals surface area (Å²) in [7, 11) is 0. The molecule has 1 rings (SSSR count). The van der Waals surface area contributed by atoms with Gasteiger partial charge in [0, 0.05) is 29.8 Å². The largest absolute Gasteiger partial charge is 0.429 e. The van der Waals surface area contributed by atoms with Crippen molar-refractivity contribution >= 4 is 24.5 Å². The third kappa shape index (κ3) is 5.64. The number of rotatable bonds is 9. The molecule has 0 aliphatic carbocycles. The Hall–Kier alpha value is -2.37. The zero-order valence-corrected chi connectivity index (χ0v) is 12.1. The van der Waals surface area contributed by atoms with Gasteiger partial charge in [0.1, 0.15) is 11.5 Å². The van der Waals surface area contributed by atoms with E-state index in [0.29, 0.717) is 5.69 Å². The molecule has 1 atom stereocenters. The minimum Gasteiger partial charge on any atom is -0.429 e. The van der Waals surface area contributed by atoms with Crippen LogP contribution in [0.15, 0.2) is 18.2 Å². The molecule has 21 heavy (non-hydrogen) atoms. The van der Waals surface area contributed by atoms with Crippen molar-refractivity contribution in [2.75, 3.05) is 5.32 Å². The molecule has 0 radical (unpaired) electrons. The summed E-state index contributed by atoms with van der Waals surface area (Å²) >= 11 is 0. The lowest BCUT2D eigenvalue weighted by Crippen LogP contribution is -2.20. The van der Waals surface area contributed by atoms with Crippen LogP contribution in [-0.4, -0.2) is 18.9 Å². The van der Waals surface area contributed by atoms with E-state index in [-0.39, 0.29) is 36.3 Å². The minimum atomic E-state index is -0.135. The Kier molecular flexibility index (Phi) is 6.94. The van der Waals surface area contributed by atoms with E-state index in [0.717, 1.165) is 19.3 Å². The molecule has 114 valence electrons. The first kappa shape index (κ1) is 16.7. The van der Waals surface area contributed by atoms with Gasteiger partial charge < -0.3 is 14.8 Å². The summed E-state index contributed by atoms with van der Waals surface area (Å²) in [6, 6.07) is 4.34. The molecule has 6 heteroatoms. The fraction of sp³-hybridized carbons (Fsp3) is 0.400. The number of carbonyl (C=O) groups excluding carboxylic acids is 3. The Labute approximate surface area is 123 Å². The van der Waals surface area contributed by atoms with Gasteiger partial charge in [-0.25, -0.2) is 0 Å². The molecule has 0 saturated carbocycles. The number of unbranched alkanes of at least 4 members (excludes halogenated alkanes) is 1. The van der Waals surface area contributed by atoms with Gasteiger partial charge in [0.2, 0.25) is 5.91 Å². The molecule has 0 aliphatic rings. The van der Waals surface area contributed by atoms with Crippen LogP contribution in [0.3, 0.4) is 0 Å². The van der Waals surface area contributed by atoms with Gasteiger partial charge >= 0.3 is 0 Å². The average molecular weight is 293 g/mol. The number of carbonyl (C=O) groups is 3. The van der Waals surface area contributed by atoms with E-state index in [2.05, 4.69) is 12.2 Å². The quantitative estimate of drug-likeness (QED) is 0.707. The van der Waals surface area contributed by atoms with E-state index in [1.165, 1.54) is 18.2 Å². The summed E-state index contributed by atoms with van der Waals surface area (Å²) in [5, 5.41) is 2.72. The maximum Gasteiger partial charge on any atom is 0.298 e. The second kappa shape index (κ2) is 8.73. The molecule has 1 aromatic rings. The lowest BCUT2D eigenvalue weighted by atomic mass is 10.0. The molecule has 6 nitrogen and oxygen atoms in total. The van der Waals surface area contributed by atoms with Crippen LogP contribution in [0.1, 0.15) is 33.1 Å². The van der Waals surface area contributed by atoms with Crippen molar-refractivity contribution in [3.63, 3.8) is 0 Å². The SMILES string of the molecule is CCCCC(C)C(=O)Nc1cc(OC=O)cc(OC=O)c1. The normalized spacial score (nSPS) is 11.3. The fourth-order valence-corrected chi connectivity index (χ4v) is 1.80. The highest BCUT2D eigenvalue weighted by Crippen LogP contribution is 2.26. The van der Waals surface area contributed by atoms with Crippen LogP contribution in [-0.2, 0) is 14.4 Å². The topological polar surface area (TPSA) is 81.7 Å². The van der Waals surface area contributed by atoms with E-state index in [1.54, 1.807) is 0 Å². The summed E-state index contributed by atoms with van der Waals surface area (Å²) < 4.78 is 9.43. The molecule has 0 heterocycles. The van der Waals surface area contributed by atoms with Gasteiger partial charge in [-0.3, -0.25) is 14.4 Å². The highest BCUT2D eigenvalue weighted by atomic mass is 16.5. The molecule has 0 spiro atoms. The lowest BCUT2D eigenvalue weighted by Gasteiger charge is -2.13. The standard InChI is InChI=1S/C15H19NO5/c1-3-4-5-11(2)15(19)16-12-6-13(20-9-17)8-14(7-12)21-10-18/h6-11H,3-5H2,1-2H3,(H,16,19).